The van der Waals surface area contributed by atoms with Crippen molar-refractivity contribution in [3.05, 3.63) is 44.1 Å². The number of hydrogen-bond donors (Lipinski definition) is 1. The molecule has 1 aromatic heterocycles. The Labute approximate surface area is 124 Å². The van der Waals surface area contributed by atoms with Crippen LogP contribution in [0.5, 0.6) is 0 Å². The first-order valence-electron chi connectivity index (χ1n) is 5.67. The Morgan fingerprint density at radius 3 is 2.56 bits per heavy atom. The van der Waals surface area contributed by atoms with Gasteiger partial charge in [-0.2, -0.15) is 5.10 Å². The molecule has 0 bridgehead atoms. The second-order valence-corrected chi connectivity index (χ2v) is 5.85. The van der Waals surface area contributed by atoms with Crippen LogP contribution < -0.4 is 5.32 Å². The monoisotopic (exact) mass is 371 g/mol. The van der Waals surface area contributed by atoms with Gasteiger partial charge in [-0.25, -0.2) is 0 Å². The fraction of sp³-hybridized carbons (Fsp3) is 0.308. The van der Waals surface area contributed by atoms with Crippen LogP contribution >= 0.6 is 31.9 Å². The molecule has 0 atom stereocenters. The van der Waals surface area contributed by atoms with Crippen LogP contribution in [0.25, 0.3) is 0 Å². The number of nitrogens with zero attached hydrogens (tertiary/aromatic N) is 2. The van der Waals surface area contributed by atoms with Crippen LogP contribution in [-0.4, -0.2) is 9.78 Å². The summed E-state index contributed by atoms with van der Waals surface area (Å²) in [5, 5.41) is 7.81. The fourth-order valence-corrected chi connectivity index (χ4v) is 2.72. The van der Waals surface area contributed by atoms with Crippen LogP contribution in [0.2, 0.25) is 0 Å². The first kappa shape index (κ1) is 13.6. The van der Waals surface area contributed by atoms with Crippen molar-refractivity contribution < 1.29 is 0 Å². The highest BCUT2D eigenvalue weighted by atomic mass is 79.9. The Balaban J connectivity index is 2.19. The van der Waals surface area contributed by atoms with Crippen LogP contribution in [-0.2, 0) is 13.6 Å². The van der Waals surface area contributed by atoms with E-state index in [-0.39, 0.29) is 0 Å². The molecule has 0 saturated heterocycles. The molecule has 0 aliphatic carbocycles. The number of aromatic nitrogens is 2. The fourth-order valence-electron chi connectivity index (χ4n) is 1.84. The standard InChI is InChI=1S/C13H15Br2N3/c1-8-5-4-6-10(12(8)14)16-7-11-13(15)9(2)17-18(11)3/h4-6,16H,7H2,1-3H3. The molecule has 0 amide bonds. The molecule has 1 heterocycles. The summed E-state index contributed by atoms with van der Waals surface area (Å²) in [6, 6.07) is 6.19. The predicted molar refractivity (Wildman–Crippen MR) is 81.9 cm³/mol. The lowest BCUT2D eigenvalue weighted by molar-refractivity contribution is 0.712. The summed E-state index contributed by atoms with van der Waals surface area (Å²) in [5.41, 5.74) is 4.47. The molecule has 2 aromatic rings. The average Bonchev–Trinajstić information content (AvgIpc) is 2.56. The average molecular weight is 373 g/mol. The molecular formula is C13H15Br2N3. The molecule has 5 heteroatoms. The maximum Gasteiger partial charge on any atom is 0.0739 e. The highest BCUT2D eigenvalue weighted by Gasteiger charge is 2.10. The molecule has 0 aliphatic heterocycles. The minimum atomic E-state index is 0.736. The van der Waals surface area contributed by atoms with Gasteiger partial charge in [0.05, 0.1) is 22.4 Å². The maximum absolute atomic E-state index is 4.38. The second kappa shape index (κ2) is 5.45. The number of halogens is 2. The third-order valence-electron chi connectivity index (χ3n) is 2.90. The van der Waals surface area contributed by atoms with Gasteiger partial charge in [0.15, 0.2) is 0 Å². The van der Waals surface area contributed by atoms with Crippen molar-refractivity contribution in [3.8, 4) is 0 Å². The van der Waals surface area contributed by atoms with Gasteiger partial charge in [-0.15, -0.1) is 0 Å². The molecule has 1 aromatic carbocycles. The summed E-state index contributed by atoms with van der Waals surface area (Å²) in [4.78, 5) is 0. The van der Waals surface area contributed by atoms with Crippen LogP contribution in [0.4, 0.5) is 5.69 Å². The summed E-state index contributed by atoms with van der Waals surface area (Å²) < 4.78 is 4.08. The van der Waals surface area contributed by atoms with Crippen LogP contribution in [0.1, 0.15) is 17.0 Å². The van der Waals surface area contributed by atoms with Crippen molar-refractivity contribution in [3.63, 3.8) is 0 Å². The molecule has 0 fully saturated rings. The second-order valence-electron chi connectivity index (χ2n) is 4.26. The third-order valence-corrected chi connectivity index (χ3v) is 4.98. The van der Waals surface area contributed by atoms with Gasteiger partial charge in [-0.05, 0) is 57.3 Å². The lowest BCUT2D eigenvalue weighted by Gasteiger charge is -2.10. The molecule has 18 heavy (non-hydrogen) atoms. The Bertz CT molecular complexity index is 576. The van der Waals surface area contributed by atoms with E-state index in [4.69, 9.17) is 0 Å². The lowest BCUT2D eigenvalue weighted by Crippen LogP contribution is -2.06. The quantitative estimate of drug-likeness (QED) is 0.875. The van der Waals surface area contributed by atoms with Crippen molar-refractivity contribution >= 4 is 37.5 Å². The number of nitrogens with one attached hydrogen (secondary N) is 1. The molecule has 2 rings (SSSR count). The van der Waals surface area contributed by atoms with E-state index in [9.17, 15) is 0 Å². The number of rotatable bonds is 3. The van der Waals surface area contributed by atoms with E-state index >= 15 is 0 Å². The first-order chi connectivity index (χ1) is 8.50. The maximum atomic E-state index is 4.38. The van der Waals surface area contributed by atoms with Gasteiger partial charge >= 0.3 is 0 Å². The first-order valence-corrected chi connectivity index (χ1v) is 7.26. The van der Waals surface area contributed by atoms with Crippen LogP contribution in [0, 0.1) is 13.8 Å². The zero-order chi connectivity index (χ0) is 13.3. The molecule has 96 valence electrons. The van der Waals surface area contributed by atoms with E-state index in [1.807, 2.05) is 24.7 Å². The van der Waals surface area contributed by atoms with Gasteiger partial charge < -0.3 is 5.32 Å². The summed E-state index contributed by atoms with van der Waals surface area (Å²) in [6.45, 7) is 4.82. The number of anilines is 1. The molecule has 0 unspecified atom stereocenters. The van der Waals surface area contributed by atoms with Gasteiger partial charge in [-0.1, -0.05) is 12.1 Å². The summed E-state index contributed by atoms with van der Waals surface area (Å²) >= 11 is 7.17. The van der Waals surface area contributed by atoms with E-state index in [0.29, 0.717) is 0 Å². The number of aryl methyl sites for hydroxylation is 3. The minimum absolute atomic E-state index is 0.736. The smallest absolute Gasteiger partial charge is 0.0739 e. The Morgan fingerprint density at radius 2 is 1.94 bits per heavy atom. The van der Waals surface area contributed by atoms with Crippen molar-refractivity contribution in [2.45, 2.75) is 20.4 Å². The zero-order valence-electron chi connectivity index (χ0n) is 10.6. The molecule has 1 N–H and O–H groups in total. The Morgan fingerprint density at radius 1 is 1.22 bits per heavy atom. The Hall–Kier alpha value is -0.810. The molecular weight excluding hydrogens is 358 g/mol. The van der Waals surface area contributed by atoms with Gasteiger partial charge in [0.1, 0.15) is 0 Å². The van der Waals surface area contributed by atoms with Crippen molar-refractivity contribution in [1.29, 1.82) is 0 Å². The summed E-state index contributed by atoms with van der Waals surface area (Å²) in [7, 11) is 1.96. The normalized spacial score (nSPS) is 10.7. The van der Waals surface area contributed by atoms with Gasteiger partial charge in [0.2, 0.25) is 0 Å². The van der Waals surface area contributed by atoms with E-state index in [0.717, 1.165) is 32.6 Å². The van der Waals surface area contributed by atoms with Gasteiger partial charge in [0.25, 0.3) is 0 Å². The van der Waals surface area contributed by atoms with Crippen molar-refractivity contribution in [1.82, 2.24) is 9.78 Å². The van der Waals surface area contributed by atoms with Gasteiger partial charge in [0, 0.05) is 17.2 Å². The van der Waals surface area contributed by atoms with Gasteiger partial charge in [-0.3, -0.25) is 4.68 Å². The molecule has 0 saturated carbocycles. The van der Waals surface area contributed by atoms with E-state index in [2.05, 4.69) is 61.3 Å². The molecule has 0 aliphatic rings. The lowest BCUT2D eigenvalue weighted by atomic mass is 10.2. The van der Waals surface area contributed by atoms with Crippen molar-refractivity contribution in [2.75, 3.05) is 5.32 Å². The highest BCUT2D eigenvalue weighted by Crippen LogP contribution is 2.27. The highest BCUT2D eigenvalue weighted by molar-refractivity contribution is 9.11. The molecule has 3 nitrogen and oxygen atoms in total. The zero-order valence-corrected chi connectivity index (χ0v) is 13.8. The largest absolute Gasteiger partial charge is 0.378 e. The van der Waals surface area contributed by atoms with Crippen LogP contribution in [0.3, 0.4) is 0 Å². The molecule has 0 radical (unpaired) electrons. The Kier molecular flexibility index (Phi) is 4.12. The summed E-state index contributed by atoms with van der Waals surface area (Å²) in [5.74, 6) is 0. The SMILES string of the molecule is Cc1cccc(NCc2c(Br)c(C)nn2C)c1Br. The number of hydrogen-bond acceptors (Lipinski definition) is 2. The van der Waals surface area contributed by atoms with E-state index in [1.54, 1.807) is 0 Å². The van der Waals surface area contributed by atoms with E-state index in [1.165, 1.54) is 5.56 Å². The summed E-state index contributed by atoms with van der Waals surface area (Å²) in [6.07, 6.45) is 0. The van der Waals surface area contributed by atoms with Crippen molar-refractivity contribution in [2.24, 2.45) is 7.05 Å². The topological polar surface area (TPSA) is 29.9 Å². The van der Waals surface area contributed by atoms with E-state index < -0.39 is 0 Å². The predicted octanol–water partition coefficient (Wildman–Crippen LogP) is 4.17. The molecule has 0 spiro atoms. The minimum Gasteiger partial charge on any atom is -0.378 e. The van der Waals surface area contributed by atoms with Crippen LogP contribution in [0.15, 0.2) is 27.1 Å². The number of benzene rings is 1. The third kappa shape index (κ3) is 2.62.